The van der Waals surface area contributed by atoms with Crippen LogP contribution >= 0.6 is 0 Å². The second kappa shape index (κ2) is 3.58. The summed E-state index contributed by atoms with van der Waals surface area (Å²) in [6, 6.07) is 19.6. The highest BCUT2D eigenvalue weighted by Crippen LogP contribution is 2.61. The lowest BCUT2D eigenvalue weighted by Gasteiger charge is -2.32. The van der Waals surface area contributed by atoms with Crippen LogP contribution in [-0.2, 0) is 11.1 Å². The molecule has 2 aliphatic rings. The van der Waals surface area contributed by atoms with E-state index in [0.29, 0.717) is 0 Å². The largest absolute Gasteiger partial charge is 0.278 e. The summed E-state index contributed by atoms with van der Waals surface area (Å²) in [5, 5.41) is 1.23. The van der Waals surface area contributed by atoms with Gasteiger partial charge in [0.2, 0.25) is 0 Å². The molecule has 0 fully saturated rings. The third-order valence-corrected chi connectivity index (χ3v) is 6.03. The van der Waals surface area contributed by atoms with Crippen LogP contribution in [0.15, 0.2) is 54.6 Å². The van der Waals surface area contributed by atoms with Crippen molar-refractivity contribution in [1.82, 2.24) is 9.88 Å². The smallest absolute Gasteiger partial charge is 0.0874 e. The quantitative estimate of drug-likeness (QED) is 0.620. The molecule has 0 radical (unpaired) electrons. The molecule has 3 aromatic rings. The minimum absolute atomic E-state index is 0.0856. The van der Waals surface area contributed by atoms with Gasteiger partial charge in [-0.05, 0) is 44.2 Å². The molecule has 108 valence electrons. The number of nitrogens with zero attached hydrogens (tertiary/aromatic N) is 2. The van der Waals surface area contributed by atoms with Crippen LogP contribution in [0, 0.1) is 0 Å². The molecule has 0 saturated carbocycles. The lowest BCUT2D eigenvalue weighted by Crippen LogP contribution is -2.39. The molecule has 5 rings (SSSR count). The standard InChI is InChI=1S/C20H18N2/c1-19-14-9-5-6-10-15(14)20(2,22(19)3)18-16(19)12-13-8-4-7-11-17(13)21-18/h4-12H,1-3H3. The van der Waals surface area contributed by atoms with Crippen molar-refractivity contribution in [1.29, 1.82) is 0 Å². The number of pyridine rings is 1. The predicted octanol–water partition coefficient (Wildman–Crippen LogP) is 4.02. The van der Waals surface area contributed by atoms with Crippen molar-refractivity contribution in [3.05, 3.63) is 77.0 Å². The molecule has 2 unspecified atom stereocenters. The zero-order chi connectivity index (χ0) is 15.1. The topological polar surface area (TPSA) is 16.1 Å². The summed E-state index contributed by atoms with van der Waals surface area (Å²) in [7, 11) is 2.23. The van der Waals surface area contributed by atoms with Crippen molar-refractivity contribution in [2.75, 3.05) is 7.05 Å². The van der Waals surface area contributed by atoms with E-state index in [9.17, 15) is 0 Å². The van der Waals surface area contributed by atoms with E-state index in [-0.39, 0.29) is 11.1 Å². The number of fused-ring (bicyclic) bond motifs is 9. The van der Waals surface area contributed by atoms with Crippen LogP contribution in [0.5, 0.6) is 0 Å². The minimum atomic E-state index is -0.134. The fraction of sp³-hybridized carbons (Fsp3) is 0.250. The molecule has 2 bridgehead atoms. The average molecular weight is 286 g/mol. The second-order valence-electron chi connectivity index (χ2n) is 6.83. The van der Waals surface area contributed by atoms with Crippen LogP contribution in [0.2, 0.25) is 0 Å². The van der Waals surface area contributed by atoms with Crippen LogP contribution in [0.4, 0.5) is 0 Å². The Hall–Kier alpha value is -2.19. The Morgan fingerprint density at radius 3 is 2.23 bits per heavy atom. The maximum absolute atomic E-state index is 5.06. The molecule has 22 heavy (non-hydrogen) atoms. The van der Waals surface area contributed by atoms with Crippen LogP contribution in [0.1, 0.15) is 36.2 Å². The van der Waals surface area contributed by atoms with Gasteiger partial charge in [0.15, 0.2) is 0 Å². The summed E-state index contributed by atoms with van der Waals surface area (Å²) < 4.78 is 0. The lowest BCUT2D eigenvalue weighted by atomic mass is 9.76. The molecule has 0 aliphatic carbocycles. The van der Waals surface area contributed by atoms with Gasteiger partial charge < -0.3 is 0 Å². The second-order valence-corrected chi connectivity index (χ2v) is 6.83. The van der Waals surface area contributed by atoms with Gasteiger partial charge in [-0.2, -0.15) is 0 Å². The predicted molar refractivity (Wildman–Crippen MR) is 88.9 cm³/mol. The first-order valence-corrected chi connectivity index (χ1v) is 7.82. The Balaban J connectivity index is 1.95. The van der Waals surface area contributed by atoms with Crippen LogP contribution < -0.4 is 0 Å². The van der Waals surface area contributed by atoms with E-state index in [2.05, 4.69) is 80.4 Å². The molecule has 0 amide bonds. The van der Waals surface area contributed by atoms with Gasteiger partial charge in [0, 0.05) is 10.9 Å². The normalized spacial score (nSPS) is 28.9. The zero-order valence-electron chi connectivity index (χ0n) is 13.1. The average Bonchev–Trinajstić information content (AvgIpc) is 2.84. The molecule has 2 aliphatic heterocycles. The number of aromatic nitrogens is 1. The monoisotopic (exact) mass is 286 g/mol. The Bertz CT molecular complexity index is 870. The molecule has 2 nitrogen and oxygen atoms in total. The van der Waals surface area contributed by atoms with Gasteiger partial charge in [-0.3, -0.25) is 9.88 Å². The summed E-state index contributed by atoms with van der Waals surface area (Å²) in [5.74, 6) is 0. The molecular weight excluding hydrogens is 268 g/mol. The Morgan fingerprint density at radius 1 is 0.818 bits per heavy atom. The van der Waals surface area contributed by atoms with E-state index in [1.807, 2.05) is 0 Å². The molecule has 3 heterocycles. The Kier molecular flexibility index (Phi) is 2.01. The number of hydrogen-bond donors (Lipinski definition) is 0. The molecule has 0 spiro atoms. The van der Waals surface area contributed by atoms with E-state index in [0.717, 1.165) is 5.52 Å². The Morgan fingerprint density at radius 2 is 1.45 bits per heavy atom. The summed E-state index contributed by atoms with van der Waals surface area (Å²) in [4.78, 5) is 7.55. The molecule has 2 heteroatoms. The number of para-hydroxylation sites is 1. The molecule has 2 atom stereocenters. The van der Waals surface area contributed by atoms with Crippen LogP contribution in [0.3, 0.4) is 0 Å². The van der Waals surface area contributed by atoms with E-state index in [1.165, 1.54) is 27.8 Å². The van der Waals surface area contributed by atoms with Gasteiger partial charge in [0.05, 0.1) is 22.3 Å². The fourth-order valence-electron chi connectivity index (χ4n) is 4.61. The summed E-state index contributed by atoms with van der Waals surface area (Å²) in [5.41, 5.74) is 6.26. The zero-order valence-corrected chi connectivity index (χ0v) is 13.1. The number of benzene rings is 2. The first-order valence-electron chi connectivity index (χ1n) is 7.82. The minimum Gasteiger partial charge on any atom is -0.278 e. The van der Waals surface area contributed by atoms with Gasteiger partial charge in [-0.25, -0.2) is 0 Å². The van der Waals surface area contributed by atoms with Crippen molar-refractivity contribution in [3.8, 4) is 0 Å². The summed E-state index contributed by atoms with van der Waals surface area (Å²) in [6.45, 7) is 4.64. The van der Waals surface area contributed by atoms with Crippen molar-refractivity contribution in [2.45, 2.75) is 24.9 Å². The highest BCUT2D eigenvalue weighted by Gasteiger charge is 2.61. The molecular formula is C20H18N2. The van der Waals surface area contributed by atoms with Crippen LogP contribution in [-0.4, -0.2) is 16.9 Å². The number of hydrogen-bond acceptors (Lipinski definition) is 2. The highest BCUT2D eigenvalue weighted by atomic mass is 15.3. The van der Waals surface area contributed by atoms with Gasteiger partial charge in [-0.15, -0.1) is 0 Å². The van der Waals surface area contributed by atoms with E-state index < -0.39 is 0 Å². The van der Waals surface area contributed by atoms with Crippen LogP contribution in [0.25, 0.3) is 10.9 Å². The lowest BCUT2D eigenvalue weighted by molar-refractivity contribution is 0.136. The van der Waals surface area contributed by atoms with Crippen molar-refractivity contribution >= 4 is 10.9 Å². The van der Waals surface area contributed by atoms with E-state index >= 15 is 0 Å². The maximum Gasteiger partial charge on any atom is 0.0874 e. The third kappa shape index (κ3) is 1.09. The number of rotatable bonds is 0. The molecule has 1 aromatic heterocycles. The molecule has 0 saturated heterocycles. The van der Waals surface area contributed by atoms with Gasteiger partial charge in [-0.1, -0.05) is 42.5 Å². The highest BCUT2D eigenvalue weighted by molar-refractivity contribution is 5.82. The SMILES string of the molecule is CN1C2(C)c3ccccc3C1(C)c1nc3ccccc3cc12. The third-order valence-electron chi connectivity index (χ3n) is 6.03. The van der Waals surface area contributed by atoms with Gasteiger partial charge in [0.25, 0.3) is 0 Å². The molecule has 2 aromatic carbocycles. The van der Waals surface area contributed by atoms with Gasteiger partial charge in [0.1, 0.15) is 0 Å². The maximum atomic E-state index is 5.06. The summed E-state index contributed by atoms with van der Waals surface area (Å²) >= 11 is 0. The summed E-state index contributed by atoms with van der Waals surface area (Å²) in [6.07, 6.45) is 0. The Labute approximate surface area is 130 Å². The fourth-order valence-corrected chi connectivity index (χ4v) is 4.61. The van der Waals surface area contributed by atoms with Crippen molar-refractivity contribution < 1.29 is 0 Å². The first-order chi connectivity index (χ1) is 10.6. The van der Waals surface area contributed by atoms with E-state index in [1.54, 1.807) is 0 Å². The van der Waals surface area contributed by atoms with E-state index in [4.69, 9.17) is 4.98 Å². The first kappa shape index (κ1) is 12.4. The van der Waals surface area contributed by atoms with Gasteiger partial charge >= 0.3 is 0 Å². The van der Waals surface area contributed by atoms with Crippen molar-refractivity contribution in [3.63, 3.8) is 0 Å². The molecule has 0 N–H and O–H groups in total. The van der Waals surface area contributed by atoms with Crippen molar-refractivity contribution in [2.24, 2.45) is 0 Å².